The minimum absolute atomic E-state index is 0.0591. The molecule has 6 heteroatoms. The molecular formula is C45H83NO5. The first-order chi connectivity index (χ1) is 25.0. The summed E-state index contributed by atoms with van der Waals surface area (Å²) >= 11 is 0. The lowest BCUT2D eigenvalue weighted by molar-refractivity contribution is -0.143. The monoisotopic (exact) mass is 718 g/mol. The van der Waals surface area contributed by atoms with E-state index in [4.69, 9.17) is 18.9 Å². The summed E-state index contributed by atoms with van der Waals surface area (Å²) in [5.41, 5.74) is 1.18. The molecule has 6 nitrogen and oxygen atoms in total. The smallest absolute Gasteiger partial charge is 0.305 e. The largest absolute Gasteiger partial charge is 0.493 e. The van der Waals surface area contributed by atoms with Gasteiger partial charge in [0.25, 0.3) is 0 Å². The number of ether oxygens (including phenoxy) is 4. The maximum atomic E-state index is 12.1. The van der Waals surface area contributed by atoms with Crippen LogP contribution in [0.15, 0.2) is 18.2 Å². The molecule has 51 heavy (non-hydrogen) atoms. The number of hydrogen-bond acceptors (Lipinski definition) is 6. The van der Waals surface area contributed by atoms with Gasteiger partial charge in [0.1, 0.15) is 11.5 Å². The second-order valence-electron chi connectivity index (χ2n) is 15.2. The molecule has 1 aromatic rings. The number of carbonyl (C=O) groups is 1. The van der Waals surface area contributed by atoms with Crippen molar-refractivity contribution in [2.45, 2.75) is 200 Å². The molecule has 0 atom stereocenters. The number of hydrogen-bond donors (Lipinski definition) is 0. The third-order valence-corrected chi connectivity index (χ3v) is 9.59. The second kappa shape index (κ2) is 36.6. The van der Waals surface area contributed by atoms with Gasteiger partial charge in [0.2, 0.25) is 0 Å². The van der Waals surface area contributed by atoms with Crippen LogP contribution in [0.4, 0.5) is 0 Å². The van der Waals surface area contributed by atoms with Crippen molar-refractivity contribution in [3.63, 3.8) is 0 Å². The van der Waals surface area contributed by atoms with E-state index in [0.717, 1.165) is 69.8 Å². The van der Waals surface area contributed by atoms with Crippen molar-refractivity contribution in [2.75, 3.05) is 47.1 Å². The van der Waals surface area contributed by atoms with Crippen LogP contribution < -0.4 is 9.47 Å². The number of rotatable bonds is 39. The van der Waals surface area contributed by atoms with Gasteiger partial charge in [0, 0.05) is 32.2 Å². The van der Waals surface area contributed by atoms with Crippen LogP contribution in [0.3, 0.4) is 0 Å². The highest BCUT2D eigenvalue weighted by Gasteiger charge is 2.07. The molecule has 0 N–H and O–H groups in total. The minimum atomic E-state index is -0.0591. The molecule has 1 aromatic carbocycles. The Labute approximate surface area is 316 Å². The van der Waals surface area contributed by atoms with Crippen LogP contribution in [0.1, 0.15) is 199 Å². The van der Waals surface area contributed by atoms with Gasteiger partial charge in [-0.3, -0.25) is 4.79 Å². The molecule has 0 aromatic heterocycles. The molecule has 0 fully saturated rings. The zero-order valence-corrected chi connectivity index (χ0v) is 34.3. The van der Waals surface area contributed by atoms with E-state index >= 15 is 0 Å². The Balaban J connectivity index is 2.08. The van der Waals surface area contributed by atoms with Crippen molar-refractivity contribution in [1.29, 1.82) is 0 Å². The zero-order chi connectivity index (χ0) is 36.9. The maximum Gasteiger partial charge on any atom is 0.305 e. The normalized spacial score (nSPS) is 11.4. The highest BCUT2D eigenvalue weighted by molar-refractivity contribution is 5.69. The van der Waals surface area contributed by atoms with Crippen molar-refractivity contribution >= 4 is 5.97 Å². The molecule has 298 valence electrons. The van der Waals surface area contributed by atoms with E-state index in [2.05, 4.69) is 45.0 Å². The van der Waals surface area contributed by atoms with E-state index in [1.165, 1.54) is 140 Å². The highest BCUT2D eigenvalue weighted by atomic mass is 16.5. The van der Waals surface area contributed by atoms with Gasteiger partial charge in [-0.2, -0.15) is 0 Å². The van der Waals surface area contributed by atoms with Crippen LogP contribution >= 0.6 is 0 Å². The fraction of sp³-hybridized carbons (Fsp3) is 0.844. The first-order valence-electron chi connectivity index (χ1n) is 21.8. The van der Waals surface area contributed by atoms with Crippen LogP contribution in [0.25, 0.3) is 0 Å². The van der Waals surface area contributed by atoms with Gasteiger partial charge in [-0.25, -0.2) is 0 Å². The first-order valence-corrected chi connectivity index (χ1v) is 21.8. The Morgan fingerprint density at radius 2 is 0.843 bits per heavy atom. The number of benzene rings is 1. The first kappa shape index (κ1) is 47.2. The number of nitrogens with zero attached hydrogens (tertiary/aromatic N) is 1. The third kappa shape index (κ3) is 32.6. The molecule has 0 amide bonds. The topological polar surface area (TPSA) is 57.2 Å². The fourth-order valence-electron chi connectivity index (χ4n) is 6.48. The Bertz CT molecular complexity index is 891. The van der Waals surface area contributed by atoms with E-state index in [1.807, 2.05) is 6.07 Å². The van der Waals surface area contributed by atoms with Crippen LogP contribution in [0.2, 0.25) is 0 Å². The number of esters is 1. The summed E-state index contributed by atoms with van der Waals surface area (Å²) in [6.07, 6.45) is 34.8. The Kier molecular flexibility index (Phi) is 33.9. The SMILES string of the molecule is CCCCCCCCCCCCCCOCCCCOc1cc(CN(C)C)cc(OCCCCOC(=O)CCCCCCCCCCCCC)c1. The molecule has 0 aliphatic rings. The van der Waals surface area contributed by atoms with Crippen LogP contribution in [0, 0.1) is 0 Å². The quantitative estimate of drug-likeness (QED) is 0.0499. The zero-order valence-electron chi connectivity index (χ0n) is 34.3. The minimum Gasteiger partial charge on any atom is -0.493 e. The van der Waals surface area contributed by atoms with Gasteiger partial charge < -0.3 is 23.8 Å². The van der Waals surface area contributed by atoms with Gasteiger partial charge in [-0.15, -0.1) is 0 Å². The van der Waals surface area contributed by atoms with Gasteiger partial charge in [0.05, 0.1) is 19.8 Å². The summed E-state index contributed by atoms with van der Waals surface area (Å²) in [5.74, 6) is 1.64. The summed E-state index contributed by atoms with van der Waals surface area (Å²) in [4.78, 5) is 14.3. The van der Waals surface area contributed by atoms with Crippen molar-refractivity contribution in [2.24, 2.45) is 0 Å². The van der Waals surface area contributed by atoms with Crippen molar-refractivity contribution < 1.29 is 23.7 Å². The Hall–Kier alpha value is -1.79. The summed E-state index contributed by atoms with van der Waals surface area (Å²) in [6.45, 7) is 8.82. The summed E-state index contributed by atoms with van der Waals surface area (Å²) in [5, 5.41) is 0. The predicted octanol–water partition coefficient (Wildman–Crippen LogP) is 13.0. The van der Waals surface area contributed by atoms with Gasteiger partial charge in [0.15, 0.2) is 0 Å². The number of carbonyl (C=O) groups excluding carboxylic acids is 1. The Morgan fingerprint density at radius 3 is 1.29 bits per heavy atom. The molecule has 0 saturated carbocycles. The molecule has 0 unspecified atom stereocenters. The van der Waals surface area contributed by atoms with Crippen molar-refractivity contribution in [1.82, 2.24) is 4.90 Å². The van der Waals surface area contributed by atoms with Crippen molar-refractivity contribution in [3.8, 4) is 11.5 Å². The number of unbranched alkanes of at least 4 members (excludes halogenated alkanes) is 23. The lowest BCUT2D eigenvalue weighted by Crippen LogP contribution is -2.11. The molecule has 0 aliphatic heterocycles. The molecule has 0 radical (unpaired) electrons. The molecular weight excluding hydrogens is 634 g/mol. The average molecular weight is 718 g/mol. The summed E-state index contributed by atoms with van der Waals surface area (Å²) in [7, 11) is 4.15. The molecule has 0 saturated heterocycles. The summed E-state index contributed by atoms with van der Waals surface area (Å²) in [6, 6.07) is 6.22. The van der Waals surface area contributed by atoms with E-state index in [9.17, 15) is 4.79 Å². The fourth-order valence-corrected chi connectivity index (χ4v) is 6.48. The molecule has 0 spiro atoms. The standard InChI is InChI=1S/C45H83NO5/c1-5-7-9-11-13-15-17-19-21-23-25-27-33-48-34-28-29-35-49-43-38-42(41-46(3)4)39-44(40-43)50-36-30-31-37-51-45(47)32-26-24-22-20-18-16-14-12-10-8-6-2/h38-40H,5-37,41H2,1-4H3. The predicted molar refractivity (Wildman–Crippen MR) is 217 cm³/mol. The lowest BCUT2D eigenvalue weighted by atomic mass is 10.1. The maximum absolute atomic E-state index is 12.1. The highest BCUT2D eigenvalue weighted by Crippen LogP contribution is 2.24. The van der Waals surface area contributed by atoms with Crippen molar-refractivity contribution in [3.05, 3.63) is 23.8 Å². The molecule has 0 bridgehead atoms. The van der Waals surface area contributed by atoms with Gasteiger partial charge in [-0.1, -0.05) is 149 Å². The lowest BCUT2D eigenvalue weighted by Gasteiger charge is -2.15. The van der Waals surface area contributed by atoms with Crippen LogP contribution in [-0.4, -0.2) is 58.0 Å². The molecule has 0 aliphatic carbocycles. The van der Waals surface area contributed by atoms with E-state index in [0.29, 0.717) is 26.2 Å². The second-order valence-corrected chi connectivity index (χ2v) is 15.2. The van der Waals surface area contributed by atoms with Crippen LogP contribution in [0.5, 0.6) is 11.5 Å². The van der Waals surface area contributed by atoms with E-state index in [1.54, 1.807) is 0 Å². The third-order valence-electron chi connectivity index (χ3n) is 9.59. The van der Waals surface area contributed by atoms with E-state index in [-0.39, 0.29) is 5.97 Å². The van der Waals surface area contributed by atoms with Crippen LogP contribution in [-0.2, 0) is 20.8 Å². The Morgan fingerprint density at radius 1 is 0.471 bits per heavy atom. The van der Waals surface area contributed by atoms with Gasteiger partial charge in [-0.05, 0) is 70.3 Å². The molecule has 0 heterocycles. The average Bonchev–Trinajstić information content (AvgIpc) is 3.11. The molecule has 1 rings (SSSR count). The summed E-state index contributed by atoms with van der Waals surface area (Å²) < 4.78 is 23.6. The van der Waals surface area contributed by atoms with Gasteiger partial charge >= 0.3 is 5.97 Å². The van der Waals surface area contributed by atoms with E-state index < -0.39 is 0 Å².